The van der Waals surface area contributed by atoms with Crippen LogP contribution in [0.3, 0.4) is 0 Å². The molecule has 2 aromatic rings. The first kappa shape index (κ1) is 25.2. The molecule has 0 bridgehead atoms. The van der Waals surface area contributed by atoms with E-state index in [1.165, 1.54) is 23.2 Å². The molecule has 7 nitrogen and oxygen atoms in total. The van der Waals surface area contributed by atoms with Crippen molar-refractivity contribution in [1.82, 2.24) is 9.91 Å². The molecule has 1 atom stereocenters. The van der Waals surface area contributed by atoms with Gasteiger partial charge >= 0.3 is 0 Å². The van der Waals surface area contributed by atoms with Crippen molar-refractivity contribution in [2.24, 2.45) is 5.84 Å². The summed E-state index contributed by atoms with van der Waals surface area (Å²) < 4.78 is 32.9. The van der Waals surface area contributed by atoms with Gasteiger partial charge in [0.25, 0.3) is 5.91 Å². The zero-order valence-corrected chi connectivity index (χ0v) is 19.8. The van der Waals surface area contributed by atoms with Crippen molar-refractivity contribution in [3.63, 3.8) is 0 Å². The van der Waals surface area contributed by atoms with E-state index in [9.17, 15) is 13.6 Å². The van der Waals surface area contributed by atoms with Crippen molar-refractivity contribution in [1.29, 1.82) is 0 Å². The Balaban J connectivity index is 1.64. The third kappa shape index (κ3) is 5.64. The molecule has 1 aliphatic heterocycles. The molecular weight excluding hydrogens is 464 g/mol. The summed E-state index contributed by atoms with van der Waals surface area (Å²) in [5.41, 5.74) is 16.0. The lowest BCUT2D eigenvalue weighted by atomic mass is 9.98. The van der Waals surface area contributed by atoms with Crippen LogP contribution in [-0.2, 0) is 16.0 Å². The number of rotatable bonds is 8. The van der Waals surface area contributed by atoms with Crippen LogP contribution in [0.2, 0.25) is 0 Å². The Labute approximate surface area is 208 Å². The summed E-state index contributed by atoms with van der Waals surface area (Å²) >= 11 is 0. The predicted molar refractivity (Wildman–Crippen MR) is 136 cm³/mol. The zero-order chi connectivity index (χ0) is 25.8. The number of nitrogens with zero attached hydrogens (tertiary/aromatic N) is 2. The number of ether oxygens (including phenoxy) is 1. The fourth-order valence-corrected chi connectivity index (χ4v) is 4.14. The Hall–Kier alpha value is -3.95. The molecule has 1 saturated heterocycles. The maximum absolute atomic E-state index is 13.6. The molecular formula is C27H29F2N5O2. The van der Waals surface area contributed by atoms with Crippen LogP contribution in [0.15, 0.2) is 84.5 Å². The molecule has 36 heavy (non-hydrogen) atoms. The summed E-state index contributed by atoms with van der Waals surface area (Å²) in [5.74, 6) is 5.55. The van der Waals surface area contributed by atoms with Gasteiger partial charge in [-0.3, -0.25) is 9.80 Å². The summed E-state index contributed by atoms with van der Waals surface area (Å²) in [6, 6.07) is 11.2. The van der Waals surface area contributed by atoms with E-state index in [2.05, 4.69) is 6.58 Å². The maximum atomic E-state index is 13.6. The van der Waals surface area contributed by atoms with Gasteiger partial charge in [-0.2, -0.15) is 0 Å². The molecule has 0 radical (unpaired) electrons. The third-order valence-corrected chi connectivity index (χ3v) is 6.25. The standard InChI is InChI=1S/C27H29F2N5O2/c1-17(19-3-5-20(28)6-4-19)23(15-34(32)22-9-7-21(29)8-10-22)27-33(26(35)16-36-27)13-12-18-2-11-24(30)25(31)14-18/h2-7,9,11,14-15,27H,1,8,10,12-13,16,30-32H2/b23-15+. The Morgan fingerprint density at radius 2 is 1.86 bits per heavy atom. The lowest BCUT2D eigenvalue weighted by Crippen LogP contribution is -2.38. The number of carbonyl (C=O) groups is 1. The summed E-state index contributed by atoms with van der Waals surface area (Å²) in [6.07, 6.45) is 5.03. The number of halogens is 2. The number of anilines is 2. The lowest BCUT2D eigenvalue weighted by molar-refractivity contribution is -0.127. The second-order valence-electron chi connectivity index (χ2n) is 8.71. The molecule has 6 N–H and O–H groups in total. The fraction of sp³-hybridized carbons (Fsp3) is 0.222. The molecule has 0 aromatic heterocycles. The van der Waals surface area contributed by atoms with E-state index in [4.69, 9.17) is 22.0 Å². The largest absolute Gasteiger partial charge is 0.397 e. The number of nitrogen functional groups attached to an aromatic ring is 2. The van der Waals surface area contributed by atoms with Gasteiger partial charge in [-0.25, -0.2) is 14.6 Å². The van der Waals surface area contributed by atoms with E-state index in [1.807, 2.05) is 6.07 Å². The van der Waals surface area contributed by atoms with Crippen molar-refractivity contribution in [2.75, 3.05) is 24.6 Å². The van der Waals surface area contributed by atoms with Crippen molar-refractivity contribution < 1.29 is 18.3 Å². The zero-order valence-electron chi connectivity index (χ0n) is 19.8. The van der Waals surface area contributed by atoms with Crippen LogP contribution in [0.4, 0.5) is 20.2 Å². The van der Waals surface area contributed by atoms with Crippen LogP contribution in [0.5, 0.6) is 0 Å². The SMILES string of the molecule is C=C(/C(=C\N(N)C1=CC=C(F)CC1)C1OCC(=O)N1CCc1ccc(N)c(N)c1)c1ccc(F)cc1. The third-order valence-electron chi connectivity index (χ3n) is 6.25. The smallest absolute Gasteiger partial charge is 0.250 e. The molecule has 2 aliphatic rings. The van der Waals surface area contributed by atoms with Gasteiger partial charge in [0.15, 0.2) is 6.23 Å². The van der Waals surface area contributed by atoms with Crippen molar-refractivity contribution in [2.45, 2.75) is 25.5 Å². The highest BCUT2D eigenvalue weighted by atomic mass is 19.1. The van der Waals surface area contributed by atoms with Crippen molar-refractivity contribution in [3.8, 4) is 0 Å². The average Bonchev–Trinajstić information content (AvgIpc) is 3.23. The molecule has 1 amide bonds. The van der Waals surface area contributed by atoms with Crippen LogP contribution in [0, 0.1) is 5.82 Å². The molecule has 9 heteroatoms. The highest BCUT2D eigenvalue weighted by Gasteiger charge is 2.36. The van der Waals surface area contributed by atoms with Crippen LogP contribution >= 0.6 is 0 Å². The van der Waals surface area contributed by atoms with Crippen LogP contribution < -0.4 is 17.3 Å². The van der Waals surface area contributed by atoms with E-state index in [0.717, 1.165) is 5.56 Å². The summed E-state index contributed by atoms with van der Waals surface area (Å²) in [7, 11) is 0. The highest BCUT2D eigenvalue weighted by Crippen LogP contribution is 2.32. The monoisotopic (exact) mass is 493 g/mol. The Morgan fingerprint density at radius 1 is 1.11 bits per heavy atom. The topological polar surface area (TPSA) is 111 Å². The van der Waals surface area contributed by atoms with Gasteiger partial charge in [-0.05, 0) is 66.0 Å². The van der Waals surface area contributed by atoms with Crippen LogP contribution in [-0.4, -0.2) is 35.2 Å². The van der Waals surface area contributed by atoms with Gasteiger partial charge in [0.1, 0.15) is 18.3 Å². The summed E-state index contributed by atoms with van der Waals surface area (Å²) in [4.78, 5) is 14.4. The molecule has 1 unspecified atom stereocenters. The number of hydrazine groups is 1. The number of hydrogen-bond donors (Lipinski definition) is 3. The Morgan fingerprint density at radius 3 is 2.53 bits per heavy atom. The minimum Gasteiger partial charge on any atom is -0.397 e. The van der Waals surface area contributed by atoms with Crippen molar-refractivity contribution in [3.05, 3.63) is 101 Å². The van der Waals surface area contributed by atoms with E-state index in [0.29, 0.717) is 53.2 Å². The average molecular weight is 494 g/mol. The fourth-order valence-electron chi connectivity index (χ4n) is 4.14. The Kier molecular flexibility index (Phi) is 7.52. The minimum absolute atomic E-state index is 0.107. The maximum Gasteiger partial charge on any atom is 0.250 e. The number of carbonyl (C=O) groups excluding carboxylic acids is 1. The molecule has 4 rings (SSSR count). The molecule has 1 aliphatic carbocycles. The molecule has 0 saturated carbocycles. The summed E-state index contributed by atoms with van der Waals surface area (Å²) in [6.45, 7) is 4.44. The number of amides is 1. The first-order valence-electron chi connectivity index (χ1n) is 11.5. The van der Waals surface area contributed by atoms with Crippen LogP contribution in [0.1, 0.15) is 24.0 Å². The number of allylic oxidation sites excluding steroid dienone is 4. The van der Waals surface area contributed by atoms with E-state index >= 15 is 0 Å². The molecule has 188 valence electrons. The summed E-state index contributed by atoms with van der Waals surface area (Å²) in [5, 5.41) is 1.39. The van der Waals surface area contributed by atoms with E-state index < -0.39 is 6.23 Å². The highest BCUT2D eigenvalue weighted by molar-refractivity contribution is 5.84. The van der Waals surface area contributed by atoms with E-state index in [-0.39, 0.29) is 30.6 Å². The van der Waals surface area contributed by atoms with Gasteiger partial charge in [0, 0.05) is 30.4 Å². The van der Waals surface area contributed by atoms with Gasteiger partial charge in [-0.15, -0.1) is 0 Å². The predicted octanol–water partition coefficient (Wildman–Crippen LogP) is 4.02. The first-order valence-corrected chi connectivity index (χ1v) is 11.5. The van der Waals surface area contributed by atoms with Gasteiger partial charge in [0.2, 0.25) is 0 Å². The molecule has 0 spiro atoms. The molecule has 1 fully saturated rings. The number of benzene rings is 2. The quantitative estimate of drug-likeness (QED) is 0.222. The normalized spacial score (nSPS) is 18.2. The second kappa shape index (κ2) is 10.8. The molecule has 1 heterocycles. The van der Waals surface area contributed by atoms with Crippen LogP contribution in [0.25, 0.3) is 5.57 Å². The second-order valence-corrected chi connectivity index (χ2v) is 8.71. The lowest BCUT2D eigenvalue weighted by Gasteiger charge is -2.29. The minimum atomic E-state index is -0.774. The number of hydrogen-bond acceptors (Lipinski definition) is 6. The molecule has 2 aromatic carbocycles. The van der Waals surface area contributed by atoms with E-state index in [1.54, 1.807) is 41.4 Å². The van der Waals surface area contributed by atoms with Crippen molar-refractivity contribution >= 4 is 22.9 Å². The first-order chi connectivity index (χ1) is 17.2. The van der Waals surface area contributed by atoms with Gasteiger partial charge in [-0.1, -0.05) is 24.8 Å². The van der Waals surface area contributed by atoms with Gasteiger partial charge in [0.05, 0.1) is 11.4 Å². The van der Waals surface area contributed by atoms with Gasteiger partial charge < -0.3 is 21.1 Å². The number of nitrogens with two attached hydrogens (primary N) is 3. The Bertz CT molecular complexity index is 1250.